The third kappa shape index (κ3) is 10.6. The molecule has 0 aromatic heterocycles. The van der Waals surface area contributed by atoms with Crippen LogP contribution in [0.15, 0.2) is 29.3 Å². The lowest BCUT2D eigenvalue weighted by Gasteiger charge is -2.12. The Kier molecular flexibility index (Phi) is 11.2. The van der Waals surface area contributed by atoms with Gasteiger partial charge in [0, 0.05) is 37.9 Å². The maximum Gasteiger partial charge on any atom is 0.226 e. The third-order valence-corrected chi connectivity index (χ3v) is 3.72. The zero-order valence-corrected chi connectivity index (χ0v) is 17.5. The van der Waals surface area contributed by atoms with E-state index >= 15 is 0 Å². The molecule has 0 unspecified atom stereocenters. The van der Waals surface area contributed by atoms with Crippen LogP contribution in [0.4, 0.5) is 5.69 Å². The standard InChI is InChI=1S/C21H36N4O2/c1-6-22-21(23-12-7-13-27-15-16(2)3)24-14-18-8-10-19(11-9-18)25-20(26)17(4)5/h8-11,16-17H,6-7,12-15H2,1-5H3,(H,25,26)(H2,22,23,24). The van der Waals surface area contributed by atoms with Crippen LogP contribution >= 0.6 is 0 Å². The summed E-state index contributed by atoms with van der Waals surface area (Å²) in [5.74, 6) is 1.37. The number of ether oxygens (including phenoxy) is 1. The lowest BCUT2D eigenvalue weighted by Crippen LogP contribution is -2.38. The molecule has 0 aliphatic rings. The van der Waals surface area contributed by atoms with Gasteiger partial charge in [-0.2, -0.15) is 0 Å². The molecule has 1 aromatic rings. The molecule has 3 N–H and O–H groups in total. The molecule has 0 atom stereocenters. The van der Waals surface area contributed by atoms with E-state index < -0.39 is 0 Å². The number of guanidine groups is 1. The number of anilines is 1. The van der Waals surface area contributed by atoms with E-state index in [0.717, 1.165) is 49.9 Å². The summed E-state index contributed by atoms with van der Waals surface area (Å²) in [6.45, 7) is 13.9. The van der Waals surface area contributed by atoms with Crippen LogP contribution in [0.5, 0.6) is 0 Å². The number of hydrogen-bond donors (Lipinski definition) is 3. The van der Waals surface area contributed by atoms with Crippen molar-refractivity contribution in [1.82, 2.24) is 10.6 Å². The lowest BCUT2D eigenvalue weighted by atomic mass is 10.2. The maximum absolute atomic E-state index is 11.7. The van der Waals surface area contributed by atoms with Crippen LogP contribution < -0.4 is 16.0 Å². The molecule has 1 amide bonds. The van der Waals surface area contributed by atoms with Crippen LogP contribution in [0.3, 0.4) is 0 Å². The molecular formula is C21H36N4O2. The highest BCUT2D eigenvalue weighted by Crippen LogP contribution is 2.11. The van der Waals surface area contributed by atoms with Crippen LogP contribution in [0.1, 0.15) is 46.6 Å². The van der Waals surface area contributed by atoms with Gasteiger partial charge in [-0.1, -0.05) is 39.8 Å². The summed E-state index contributed by atoms with van der Waals surface area (Å²) in [6, 6.07) is 7.81. The second kappa shape index (κ2) is 13.1. The minimum Gasteiger partial charge on any atom is -0.381 e. The van der Waals surface area contributed by atoms with Gasteiger partial charge < -0.3 is 20.7 Å². The molecule has 0 fully saturated rings. The van der Waals surface area contributed by atoms with Crippen LogP contribution in [0.2, 0.25) is 0 Å². The number of amides is 1. The van der Waals surface area contributed by atoms with Crippen molar-refractivity contribution in [3.05, 3.63) is 29.8 Å². The third-order valence-electron chi connectivity index (χ3n) is 3.72. The number of nitrogens with one attached hydrogen (secondary N) is 3. The molecule has 6 heteroatoms. The largest absolute Gasteiger partial charge is 0.381 e. The summed E-state index contributed by atoms with van der Waals surface area (Å²) in [7, 11) is 0. The highest BCUT2D eigenvalue weighted by Gasteiger charge is 2.06. The smallest absolute Gasteiger partial charge is 0.226 e. The number of rotatable bonds is 11. The SMILES string of the molecule is CCNC(=NCc1ccc(NC(=O)C(C)C)cc1)NCCCOCC(C)C. The Morgan fingerprint density at radius 2 is 1.81 bits per heavy atom. The van der Waals surface area contributed by atoms with Crippen molar-refractivity contribution in [3.8, 4) is 0 Å². The molecule has 0 bridgehead atoms. The Labute approximate surface area is 164 Å². The van der Waals surface area contributed by atoms with Gasteiger partial charge in [0.2, 0.25) is 5.91 Å². The molecular weight excluding hydrogens is 340 g/mol. The summed E-state index contributed by atoms with van der Waals surface area (Å²) < 4.78 is 5.59. The first-order valence-electron chi connectivity index (χ1n) is 9.92. The van der Waals surface area contributed by atoms with Crippen molar-refractivity contribution in [2.75, 3.05) is 31.6 Å². The maximum atomic E-state index is 11.7. The van der Waals surface area contributed by atoms with E-state index in [2.05, 4.69) is 41.7 Å². The quantitative estimate of drug-likeness (QED) is 0.314. The Morgan fingerprint density at radius 3 is 2.41 bits per heavy atom. The Hall–Kier alpha value is -2.08. The monoisotopic (exact) mass is 376 g/mol. The van der Waals surface area contributed by atoms with Gasteiger partial charge in [0.1, 0.15) is 0 Å². The Balaban J connectivity index is 2.44. The fourth-order valence-corrected chi connectivity index (χ4v) is 2.19. The van der Waals surface area contributed by atoms with Crippen molar-refractivity contribution in [3.63, 3.8) is 0 Å². The van der Waals surface area contributed by atoms with E-state index in [0.29, 0.717) is 12.5 Å². The summed E-state index contributed by atoms with van der Waals surface area (Å²) in [4.78, 5) is 16.3. The molecule has 0 saturated heterocycles. The summed E-state index contributed by atoms with van der Waals surface area (Å²) in [5.41, 5.74) is 1.91. The summed E-state index contributed by atoms with van der Waals surface area (Å²) in [6.07, 6.45) is 0.946. The van der Waals surface area contributed by atoms with E-state index in [1.54, 1.807) is 0 Å². The van der Waals surface area contributed by atoms with Gasteiger partial charge in [-0.25, -0.2) is 4.99 Å². The summed E-state index contributed by atoms with van der Waals surface area (Å²) in [5, 5.41) is 9.48. The normalized spacial score (nSPS) is 11.7. The van der Waals surface area contributed by atoms with E-state index in [1.165, 1.54) is 0 Å². The van der Waals surface area contributed by atoms with E-state index in [9.17, 15) is 4.79 Å². The summed E-state index contributed by atoms with van der Waals surface area (Å²) >= 11 is 0. The number of benzene rings is 1. The van der Waals surface area contributed by atoms with E-state index in [-0.39, 0.29) is 11.8 Å². The fraction of sp³-hybridized carbons (Fsp3) is 0.619. The van der Waals surface area contributed by atoms with Gasteiger partial charge >= 0.3 is 0 Å². The molecule has 0 saturated carbocycles. The van der Waals surface area contributed by atoms with Crippen LogP contribution in [0, 0.1) is 11.8 Å². The molecule has 152 valence electrons. The van der Waals surface area contributed by atoms with Gasteiger partial charge in [0.15, 0.2) is 5.96 Å². The van der Waals surface area contributed by atoms with Crippen molar-refractivity contribution >= 4 is 17.6 Å². The highest BCUT2D eigenvalue weighted by molar-refractivity contribution is 5.92. The topological polar surface area (TPSA) is 74.8 Å². The predicted octanol–water partition coefficient (Wildman–Crippen LogP) is 3.40. The zero-order valence-electron chi connectivity index (χ0n) is 17.5. The van der Waals surface area contributed by atoms with Crippen LogP contribution in [-0.4, -0.2) is 38.2 Å². The fourth-order valence-electron chi connectivity index (χ4n) is 2.19. The highest BCUT2D eigenvalue weighted by atomic mass is 16.5. The number of hydrogen-bond acceptors (Lipinski definition) is 3. The number of aliphatic imine (C=N–C) groups is 1. The van der Waals surface area contributed by atoms with Gasteiger partial charge in [-0.05, 0) is 37.0 Å². The molecule has 0 radical (unpaired) electrons. The molecule has 1 aromatic carbocycles. The van der Waals surface area contributed by atoms with Crippen LogP contribution in [0.25, 0.3) is 0 Å². The van der Waals surface area contributed by atoms with Gasteiger partial charge in [-0.3, -0.25) is 4.79 Å². The van der Waals surface area contributed by atoms with Crippen molar-refractivity contribution in [2.45, 2.75) is 47.6 Å². The first-order valence-corrected chi connectivity index (χ1v) is 9.92. The van der Waals surface area contributed by atoms with Crippen molar-refractivity contribution in [1.29, 1.82) is 0 Å². The minimum atomic E-state index is -0.0289. The number of carbonyl (C=O) groups excluding carboxylic acids is 1. The molecule has 0 heterocycles. The van der Waals surface area contributed by atoms with Crippen LogP contribution in [-0.2, 0) is 16.1 Å². The lowest BCUT2D eigenvalue weighted by molar-refractivity contribution is -0.118. The molecule has 1 rings (SSSR count). The van der Waals surface area contributed by atoms with Crippen molar-refractivity contribution < 1.29 is 9.53 Å². The molecule has 0 spiro atoms. The zero-order chi connectivity index (χ0) is 20.1. The molecule has 0 aliphatic heterocycles. The molecule has 27 heavy (non-hydrogen) atoms. The number of carbonyl (C=O) groups is 1. The Bertz CT molecular complexity index is 568. The first-order chi connectivity index (χ1) is 12.9. The van der Waals surface area contributed by atoms with Crippen molar-refractivity contribution in [2.24, 2.45) is 16.8 Å². The van der Waals surface area contributed by atoms with E-state index in [1.807, 2.05) is 38.1 Å². The molecule has 0 aliphatic carbocycles. The average Bonchev–Trinajstić information content (AvgIpc) is 2.63. The Morgan fingerprint density at radius 1 is 1.11 bits per heavy atom. The average molecular weight is 377 g/mol. The minimum absolute atomic E-state index is 0.0248. The second-order valence-electron chi connectivity index (χ2n) is 7.29. The second-order valence-corrected chi connectivity index (χ2v) is 7.29. The predicted molar refractivity (Wildman–Crippen MR) is 113 cm³/mol. The first kappa shape index (κ1) is 23.0. The van der Waals surface area contributed by atoms with Gasteiger partial charge in [-0.15, -0.1) is 0 Å². The molecule has 6 nitrogen and oxygen atoms in total. The van der Waals surface area contributed by atoms with Gasteiger partial charge in [0.25, 0.3) is 0 Å². The number of nitrogens with zero attached hydrogens (tertiary/aromatic N) is 1. The van der Waals surface area contributed by atoms with E-state index in [4.69, 9.17) is 4.74 Å². The van der Waals surface area contributed by atoms with Gasteiger partial charge in [0.05, 0.1) is 6.54 Å².